The molecule has 3 heteroatoms. The largest absolute Gasteiger partial charge is 0.497 e. The average Bonchev–Trinajstić information content (AvgIpc) is 3.20. The van der Waals surface area contributed by atoms with E-state index < -0.39 is 0 Å². The Labute approximate surface area is 164 Å². The maximum absolute atomic E-state index is 5.21. The van der Waals surface area contributed by atoms with Gasteiger partial charge in [0.15, 0.2) is 0 Å². The number of pyridine rings is 1. The van der Waals surface area contributed by atoms with Crippen molar-refractivity contribution in [2.24, 2.45) is 0 Å². The number of aromatic nitrogens is 1. The van der Waals surface area contributed by atoms with Crippen LogP contribution in [0, 0.1) is 0 Å². The molecular weight excluding hydrogens is 350 g/mol. The van der Waals surface area contributed by atoms with E-state index in [-0.39, 0.29) is 0 Å². The minimum atomic E-state index is 0.925. The molecule has 2 nitrogen and oxygen atoms in total. The average molecular weight is 374 g/mol. The molecule has 0 atom stereocenters. The molecule has 0 fully saturated rings. The van der Waals surface area contributed by atoms with Gasteiger partial charge in [-0.2, -0.15) is 0 Å². The highest BCUT2D eigenvalue weighted by atomic mass is 32.1. The molecule has 2 heterocycles. The van der Waals surface area contributed by atoms with Gasteiger partial charge in [-0.15, -0.1) is 11.3 Å². The van der Waals surface area contributed by atoms with Crippen molar-refractivity contribution >= 4 is 22.1 Å². The number of methoxy groups -OCH3 is 1. The van der Waals surface area contributed by atoms with Gasteiger partial charge in [-0.1, -0.05) is 24.3 Å². The predicted molar refractivity (Wildman–Crippen MR) is 115 cm³/mol. The van der Waals surface area contributed by atoms with Gasteiger partial charge in [0.05, 0.1) is 7.11 Å². The van der Waals surface area contributed by atoms with Crippen molar-refractivity contribution in [3.63, 3.8) is 0 Å². The number of aryl methyl sites for hydroxylation is 2. The first-order valence-corrected chi connectivity index (χ1v) is 10.2. The van der Waals surface area contributed by atoms with Gasteiger partial charge < -0.3 is 4.74 Å². The van der Waals surface area contributed by atoms with Gasteiger partial charge in [0.1, 0.15) is 5.75 Å². The van der Waals surface area contributed by atoms with Crippen LogP contribution in [0.3, 0.4) is 0 Å². The van der Waals surface area contributed by atoms with Gasteiger partial charge in [0.2, 0.25) is 0 Å². The second-order valence-electron chi connectivity index (χ2n) is 6.81. The van der Waals surface area contributed by atoms with Gasteiger partial charge >= 0.3 is 0 Å². The molecule has 27 heavy (non-hydrogen) atoms. The summed E-state index contributed by atoms with van der Waals surface area (Å²) in [4.78, 5) is 5.53. The minimum Gasteiger partial charge on any atom is -0.497 e. The summed E-state index contributed by atoms with van der Waals surface area (Å²) < 4.78 is 5.21. The van der Waals surface area contributed by atoms with Gasteiger partial charge in [-0.25, -0.2) is 0 Å². The molecule has 4 rings (SSSR count). The number of fused-ring (bicyclic) bond motifs is 1. The Morgan fingerprint density at radius 3 is 2.48 bits per heavy atom. The quantitative estimate of drug-likeness (QED) is 0.343. The zero-order chi connectivity index (χ0) is 18.5. The van der Waals surface area contributed by atoms with E-state index in [1.165, 1.54) is 45.2 Å². The number of ether oxygens (including phenoxy) is 1. The zero-order valence-electron chi connectivity index (χ0n) is 15.5. The van der Waals surface area contributed by atoms with Crippen molar-refractivity contribution in [1.82, 2.24) is 4.98 Å². The topological polar surface area (TPSA) is 22.1 Å². The highest BCUT2D eigenvalue weighted by Crippen LogP contribution is 2.30. The number of unbranched alkanes of at least 4 members (excludes halogenated alkanes) is 1. The molecule has 0 spiro atoms. The normalized spacial score (nSPS) is 11.0. The molecule has 136 valence electrons. The molecule has 0 aliphatic carbocycles. The Morgan fingerprint density at radius 1 is 0.852 bits per heavy atom. The van der Waals surface area contributed by atoms with Crippen LogP contribution in [0.4, 0.5) is 0 Å². The Kier molecular flexibility index (Phi) is 5.50. The maximum Gasteiger partial charge on any atom is 0.118 e. The second-order valence-corrected chi connectivity index (χ2v) is 7.72. The van der Waals surface area contributed by atoms with E-state index in [0.29, 0.717) is 0 Å². The summed E-state index contributed by atoms with van der Waals surface area (Å²) in [7, 11) is 1.71. The fraction of sp³-hybridized carbons (Fsp3) is 0.208. The van der Waals surface area contributed by atoms with Gasteiger partial charge in [0, 0.05) is 22.7 Å². The zero-order valence-corrected chi connectivity index (χ0v) is 16.3. The Hall–Kier alpha value is -2.65. The predicted octanol–water partition coefficient (Wildman–Crippen LogP) is 6.54. The lowest BCUT2D eigenvalue weighted by atomic mass is 10.0. The lowest BCUT2D eigenvalue weighted by molar-refractivity contribution is 0.414. The number of benzene rings is 2. The first-order chi connectivity index (χ1) is 13.3. The third-order valence-corrected chi connectivity index (χ3v) is 5.95. The minimum absolute atomic E-state index is 0.925. The van der Waals surface area contributed by atoms with Crippen molar-refractivity contribution in [2.45, 2.75) is 25.7 Å². The lowest BCUT2D eigenvalue weighted by Gasteiger charge is -2.03. The van der Waals surface area contributed by atoms with Crippen LogP contribution in [0.1, 0.15) is 24.0 Å². The highest BCUT2D eigenvalue weighted by molar-refractivity contribution is 7.13. The van der Waals surface area contributed by atoms with Crippen LogP contribution in [0.25, 0.3) is 21.2 Å². The summed E-state index contributed by atoms with van der Waals surface area (Å²) >= 11 is 1.84. The number of hydrogen-bond donors (Lipinski definition) is 0. The number of nitrogens with zero attached hydrogens (tertiary/aromatic N) is 1. The van der Waals surface area contributed by atoms with Crippen molar-refractivity contribution in [3.8, 4) is 16.2 Å². The Bertz CT molecular complexity index is 1020. The van der Waals surface area contributed by atoms with Crippen LogP contribution < -0.4 is 4.74 Å². The molecule has 0 bridgehead atoms. The van der Waals surface area contributed by atoms with E-state index >= 15 is 0 Å². The third kappa shape index (κ3) is 4.37. The van der Waals surface area contributed by atoms with Crippen LogP contribution in [0.15, 0.2) is 72.4 Å². The van der Waals surface area contributed by atoms with E-state index in [4.69, 9.17) is 4.74 Å². The van der Waals surface area contributed by atoms with Crippen LogP contribution >= 0.6 is 11.3 Å². The summed E-state index contributed by atoms with van der Waals surface area (Å²) in [6.45, 7) is 0. The molecule has 4 aromatic rings. The number of thiophene rings is 1. The first-order valence-electron chi connectivity index (χ1n) is 9.36. The molecule has 0 saturated carbocycles. The van der Waals surface area contributed by atoms with Crippen LogP contribution in [0.2, 0.25) is 0 Å². The molecule has 0 saturated heterocycles. The molecule has 0 aliphatic rings. The SMILES string of the molecule is COc1ccc(CCCCc2csc(-c3ccc4cnccc4c3)c2)cc1. The smallest absolute Gasteiger partial charge is 0.118 e. The highest BCUT2D eigenvalue weighted by Gasteiger charge is 2.05. The van der Waals surface area contributed by atoms with Gasteiger partial charge in [0.25, 0.3) is 0 Å². The van der Waals surface area contributed by atoms with Gasteiger partial charge in [-0.05, 0) is 83.5 Å². The van der Waals surface area contributed by atoms with Crippen molar-refractivity contribution in [1.29, 1.82) is 0 Å². The van der Waals surface area contributed by atoms with E-state index in [1.807, 2.05) is 35.9 Å². The lowest BCUT2D eigenvalue weighted by Crippen LogP contribution is -1.89. The molecule has 0 unspecified atom stereocenters. The summed E-state index contributed by atoms with van der Waals surface area (Å²) in [6, 6.07) is 19.5. The van der Waals surface area contributed by atoms with Crippen LogP contribution in [0.5, 0.6) is 5.75 Å². The van der Waals surface area contributed by atoms with Crippen molar-refractivity contribution < 1.29 is 4.74 Å². The molecule has 0 amide bonds. The molecular formula is C24H23NOS. The second kappa shape index (κ2) is 8.36. The Balaban J connectivity index is 1.33. The standard InChI is InChI=1S/C24H23NOS/c1-26-23-10-6-18(7-11-23)4-2-3-5-19-14-24(27-17-19)21-8-9-22-16-25-13-12-20(22)15-21/h6-17H,2-5H2,1H3. The first kappa shape index (κ1) is 17.7. The van der Waals surface area contributed by atoms with Crippen LogP contribution in [-0.4, -0.2) is 12.1 Å². The number of rotatable bonds is 7. The summed E-state index contributed by atoms with van der Waals surface area (Å²) in [5, 5.41) is 4.74. The number of hydrogen-bond acceptors (Lipinski definition) is 3. The van der Waals surface area contributed by atoms with Crippen molar-refractivity contribution in [3.05, 3.63) is 83.5 Å². The molecule has 0 aliphatic heterocycles. The fourth-order valence-corrected chi connectivity index (χ4v) is 4.29. The van der Waals surface area contributed by atoms with Crippen LogP contribution in [-0.2, 0) is 12.8 Å². The Morgan fingerprint density at radius 2 is 1.67 bits per heavy atom. The third-order valence-electron chi connectivity index (χ3n) is 4.92. The molecule has 0 N–H and O–H groups in total. The van der Waals surface area contributed by atoms with E-state index in [9.17, 15) is 0 Å². The maximum atomic E-state index is 5.21. The van der Waals surface area contributed by atoms with E-state index in [2.05, 4.69) is 52.8 Å². The molecule has 2 aromatic carbocycles. The molecule has 2 aromatic heterocycles. The summed E-state index contributed by atoms with van der Waals surface area (Å²) in [6.07, 6.45) is 8.46. The monoisotopic (exact) mass is 373 g/mol. The van der Waals surface area contributed by atoms with E-state index in [1.54, 1.807) is 7.11 Å². The van der Waals surface area contributed by atoms with Crippen molar-refractivity contribution in [2.75, 3.05) is 7.11 Å². The summed E-state index contributed by atoms with van der Waals surface area (Å²) in [5.74, 6) is 0.925. The molecule has 0 radical (unpaired) electrons. The van der Waals surface area contributed by atoms with E-state index in [0.717, 1.165) is 18.6 Å². The summed E-state index contributed by atoms with van der Waals surface area (Å²) in [5.41, 5.74) is 4.12. The van der Waals surface area contributed by atoms with Gasteiger partial charge in [-0.3, -0.25) is 4.98 Å². The fourth-order valence-electron chi connectivity index (χ4n) is 3.35.